The van der Waals surface area contributed by atoms with E-state index in [-0.39, 0.29) is 29.3 Å². The van der Waals surface area contributed by atoms with E-state index in [1.807, 2.05) is 0 Å². The first kappa shape index (κ1) is 32.3. The van der Waals surface area contributed by atoms with Crippen LogP contribution in [0.25, 0.3) is 0 Å². The standard InChI is InChI=1S/C26H22Cl3FN4O8S/c27-26(28,29)13-42-24(37)20-16(10-30)12-43-23-19(22(36)33(20)23)31-21(35)18(15-4-2-1-3-5-15)32-25(38)41-11-14-6-8-17(9-7-14)34(39)40/h1-9,18-19,23H,10-13H2,(H,31,35)(H,32,38)/t18?,19?,23-/m0/s1. The average molecular weight is 676 g/mol. The molecule has 3 amide bonds. The predicted molar refractivity (Wildman–Crippen MR) is 155 cm³/mol. The number of thioether (sulfide) groups is 1. The van der Waals surface area contributed by atoms with Gasteiger partial charge in [-0.15, -0.1) is 11.8 Å². The van der Waals surface area contributed by atoms with E-state index in [2.05, 4.69) is 10.6 Å². The molecule has 0 aromatic heterocycles. The summed E-state index contributed by atoms with van der Waals surface area (Å²) in [6.45, 7) is -1.90. The number of esters is 1. The van der Waals surface area contributed by atoms with Crippen LogP contribution in [0.4, 0.5) is 14.9 Å². The molecule has 12 nitrogen and oxygen atoms in total. The van der Waals surface area contributed by atoms with E-state index in [0.717, 1.165) is 16.7 Å². The topological polar surface area (TPSA) is 157 Å². The van der Waals surface area contributed by atoms with Crippen molar-refractivity contribution in [3.05, 3.63) is 87.1 Å². The number of benzene rings is 2. The highest BCUT2D eigenvalue weighted by Gasteiger charge is 2.55. The Balaban J connectivity index is 1.44. The number of β-lactam (4-membered cyclic amide) rings is 1. The lowest BCUT2D eigenvalue weighted by atomic mass is 10.0. The fourth-order valence-electron chi connectivity index (χ4n) is 4.19. The maximum atomic E-state index is 13.7. The molecule has 228 valence electrons. The van der Waals surface area contributed by atoms with Crippen LogP contribution in [0.15, 0.2) is 65.9 Å². The Morgan fingerprint density at radius 3 is 2.40 bits per heavy atom. The number of non-ortho nitro benzene ring substituents is 1. The molecule has 0 bridgehead atoms. The van der Waals surface area contributed by atoms with Crippen molar-refractivity contribution >= 4 is 76.1 Å². The molecular formula is C26H22Cl3FN4O8S. The minimum absolute atomic E-state index is 0.00768. The third kappa shape index (κ3) is 7.88. The van der Waals surface area contributed by atoms with Crippen molar-refractivity contribution < 1.29 is 38.0 Å². The van der Waals surface area contributed by atoms with E-state index in [4.69, 9.17) is 44.3 Å². The number of nitro benzene ring substituents is 1. The fourth-order valence-corrected chi connectivity index (χ4v) is 5.68. The van der Waals surface area contributed by atoms with Crippen LogP contribution in [0.3, 0.4) is 0 Å². The van der Waals surface area contributed by atoms with Gasteiger partial charge in [-0.25, -0.2) is 14.0 Å². The van der Waals surface area contributed by atoms with Crippen molar-refractivity contribution in [3.8, 4) is 0 Å². The van der Waals surface area contributed by atoms with E-state index < -0.39 is 63.3 Å². The summed E-state index contributed by atoms with van der Waals surface area (Å²) in [7, 11) is 0. The monoisotopic (exact) mass is 674 g/mol. The van der Waals surface area contributed by atoms with E-state index in [1.54, 1.807) is 30.3 Å². The number of carbonyl (C=O) groups is 4. The molecule has 1 fully saturated rings. The molecule has 2 heterocycles. The maximum absolute atomic E-state index is 13.7. The Hall–Kier alpha value is -3.59. The summed E-state index contributed by atoms with van der Waals surface area (Å²) in [6, 6.07) is 11.1. The van der Waals surface area contributed by atoms with Crippen molar-refractivity contribution in [3.63, 3.8) is 0 Å². The lowest BCUT2D eigenvalue weighted by molar-refractivity contribution is -0.384. The van der Waals surface area contributed by atoms with Crippen LogP contribution >= 0.6 is 46.6 Å². The summed E-state index contributed by atoms with van der Waals surface area (Å²) >= 11 is 18.0. The summed E-state index contributed by atoms with van der Waals surface area (Å²) in [5.41, 5.74) is 0.414. The largest absolute Gasteiger partial charge is 0.456 e. The predicted octanol–water partition coefficient (Wildman–Crippen LogP) is 4.10. The Bertz CT molecular complexity index is 1440. The minimum atomic E-state index is -1.92. The third-order valence-corrected chi connectivity index (χ3v) is 7.91. The summed E-state index contributed by atoms with van der Waals surface area (Å²) in [4.78, 5) is 63.1. The number of amides is 3. The van der Waals surface area contributed by atoms with Gasteiger partial charge in [0.1, 0.15) is 43.0 Å². The number of nitrogens with zero attached hydrogens (tertiary/aromatic N) is 2. The van der Waals surface area contributed by atoms with Gasteiger partial charge < -0.3 is 20.1 Å². The first-order valence-corrected chi connectivity index (χ1v) is 14.6. The number of nitro groups is 1. The molecule has 2 aromatic rings. The highest BCUT2D eigenvalue weighted by atomic mass is 35.6. The van der Waals surface area contributed by atoms with Crippen molar-refractivity contribution in [2.24, 2.45) is 0 Å². The van der Waals surface area contributed by atoms with E-state index in [1.165, 1.54) is 24.3 Å². The molecule has 17 heteroatoms. The molecule has 2 aliphatic rings. The zero-order chi connectivity index (χ0) is 31.3. The van der Waals surface area contributed by atoms with Crippen LogP contribution in [0, 0.1) is 10.1 Å². The quantitative estimate of drug-likeness (QED) is 0.124. The van der Waals surface area contributed by atoms with Gasteiger partial charge in [0, 0.05) is 23.5 Å². The highest BCUT2D eigenvalue weighted by molar-refractivity contribution is 8.00. The molecule has 3 atom stereocenters. The second-order valence-electron chi connectivity index (χ2n) is 9.16. The summed E-state index contributed by atoms with van der Waals surface area (Å²) < 4.78 is 21.9. The Morgan fingerprint density at radius 1 is 1.12 bits per heavy atom. The van der Waals surface area contributed by atoms with E-state index in [9.17, 15) is 33.7 Å². The number of hydrogen-bond acceptors (Lipinski definition) is 9. The van der Waals surface area contributed by atoms with Gasteiger partial charge >= 0.3 is 12.1 Å². The number of fused-ring (bicyclic) bond motifs is 1. The average Bonchev–Trinajstić information content (AvgIpc) is 2.99. The first-order chi connectivity index (χ1) is 20.4. The van der Waals surface area contributed by atoms with E-state index in [0.29, 0.717) is 11.1 Å². The molecule has 43 heavy (non-hydrogen) atoms. The zero-order valence-electron chi connectivity index (χ0n) is 21.8. The van der Waals surface area contributed by atoms with Gasteiger partial charge in [0.05, 0.1) is 4.92 Å². The zero-order valence-corrected chi connectivity index (χ0v) is 24.9. The number of hydrogen-bond donors (Lipinski definition) is 2. The maximum Gasteiger partial charge on any atom is 0.408 e. The summed E-state index contributed by atoms with van der Waals surface area (Å²) in [5.74, 6) is -2.48. The van der Waals surface area contributed by atoms with Gasteiger partial charge in [0.25, 0.3) is 11.6 Å². The van der Waals surface area contributed by atoms with Crippen LogP contribution in [0.2, 0.25) is 0 Å². The van der Waals surface area contributed by atoms with Gasteiger partial charge in [0.2, 0.25) is 9.70 Å². The lowest BCUT2D eigenvalue weighted by Crippen LogP contribution is -2.71. The molecule has 1 saturated heterocycles. The van der Waals surface area contributed by atoms with E-state index >= 15 is 0 Å². The molecule has 0 saturated carbocycles. The molecule has 0 spiro atoms. The van der Waals surface area contributed by atoms with Crippen LogP contribution < -0.4 is 10.6 Å². The number of rotatable bonds is 10. The molecular weight excluding hydrogens is 654 g/mol. The SMILES string of the molecule is O=C(NC(C(=O)NC1C(=O)N2C(C(=O)OCC(Cl)(Cl)Cl)=C(CF)CS[C@@H]12)c1ccccc1)OCc1ccc([N+](=O)[O-])cc1. The molecule has 2 aliphatic heterocycles. The van der Waals surface area contributed by atoms with Gasteiger partial charge in [-0.05, 0) is 23.3 Å². The molecule has 0 aliphatic carbocycles. The second kappa shape index (κ2) is 13.8. The van der Waals surface area contributed by atoms with Crippen LogP contribution in [-0.4, -0.2) is 67.9 Å². The number of alkyl carbamates (subject to hydrolysis) is 1. The van der Waals surface area contributed by atoms with Crippen LogP contribution in [0.1, 0.15) is 17.2 Å². The van der Waals surface area contributed by atoms with Crippen LogP contribution in [-0.2, 0) is 30.5 Å². The van der Waals surface area contributed by atoms with Gasteiger partial charge in [-0.2, -0.15) is 0 Å². The number of carbonyl (C=O) groups excluding carboxylic acids is 4. The normalized spacial score (nSPS) is 18.6. The number of nitrogens with one attached hydrogen (secondary N) is 2. The van der Waals surface area contributed by atoms with Crippen molar-refractivity contribution in [1.29, 1.82) is 0 Å². The summed E-state index contributed by atoms with van der Waals surface area (Å²) in [5, 5.41) is 15.1. The molecule has 2 N–H and O–H groups in total. The second-order valence-corrected chi connectivity index (χ2v) is 12.8. The Morgan fingerprint density at radius 2 is 1.79 bits per heavy atom. The van der Waals surface area contributed by atoms with Crippen LogP contribution in [0.5, 0.6) is 0 Å². The molecule has 0 radical (unpaired) electrons. The number of alkyl halides is 4. The van der Waals surface area contributed by atoms with Gasteiger partial charge in [-0.3, -0.25) is 24.6 Å². The van der Waals surface area contributed by atoms with Crippen molar-refractivity contribution in [2.45, 2.75) is 27.9 Å². The van der Waals surface area contributed by atoms with Crippen molar-refractivity contribution in [1.82, 2.24) is 15.5 Å². The number of ether oxygens (including phenoxy) is 2. The first-order valence-electron chi connectivity index (χ1n) is 12.4. The Kier molecular flexibility index (Phi) is 10.4. The third-order valence-electron chi connectivity index (χ3n) is 6.24. The van der Waals surface area contributed by atoms with Crippen molar-refractivity contribution in [2.75, 3.05) is 19.0 Å². The fraction of sp³-hybridized carbons (Fsp3) is 0.308. The lowest BCUT2D eigenvalue weighted by Gasteiger charge is -2.49. The van der Waals surface area contributed by atoms with Gasteiger partial charge in [-0.1, -0.05) is 65.1 Å². The smallest absolute Gasteiger partial charge is 0.408 e. The minimum Gasteiger partial charge on any atom is -0.456 e. The number of halogens is 4. The summed E-state index contributed by atoms with van der Waals surface area (Å²) in [6.07, 6.45) is -0.967. The van der Waals surface area contributed by atoms with Gasteiger partial charge in [0.15, 0.2) is 0 Å². The molecule has 2 unspecified atom stereocenters. The molecule has 2 aromatic carbocycles. The Labute approximate surface area is 262 Å². The highest BCUT2D eigenvalue weighted by Crippen LogP contribution is 2.41. The molecule has 4 rings (SSSR count).